The summed E-state index contributed by atoms with van der Waals surface area (Å²) in [7, 11) is 3.00. The molecular formula is C31H32F2N6O5. The molecule has 1 aliphatic rings. The average molecular weight is 607 g/mol. The quantitative estimate of drug-likeness (QED) is 0.240. The number of methoxy groups -OCH3 is 2. The summed E-state index contributed by atoms with van der Waals surface area (Å²) in [4.78, 5) is 35.9. The van der Waals surface area contributed by atoms with E-state index in [1.807, 2.05) is 37.3 Å². The molecule has 2 N–H and O–H groups in total. The van der Waals surface area contributed by atoms with Gasteiger partial charge >= 0.3 is 6.03 Å². The van der Waals surface area contributed by atoms with Crippen LogP contribution in [0.15, 0.2) is 66.9 Å². The molecule has 230 valence electrons. The van der Waals surface area contributed by atoms with E-state index in [1.54, 1.807) is 35.2 Å². The minimum Gasteiger partial charge on any atom is -0.383 e. The van der Waals surface area contributed by atoms with Crippen molar-refractivity contribution < 1.29 is 32.7 Å². The molecule has 13 heteroatoms. The first-order valence-corrected chi connectivity index (χ1v) is 13.9. The lowest BCUT2D eigenvalue weighted by Crippen LogP contribution is -2.42. The monoisotopic (exact) mass is 606 g/mol. The Morgan fingerprint density at radius 3 is 2.52 bits per heavy atom. The molecule has 11 nitrogen and oxygen atoms in total. The van der Waals surface area contributed by atoms with Crippen molar-refractivity contribution in [3.8, 4) is 16.9 Å². The number of hydrogen-bond donors (Lipinski definition) is 2. The van der Waals surface area contributed by atoms with E-state index in [-0.39, 0.29) is 24.6 Å². The summed E-state index contributed by atoms with van der Waals surface area (Å²) in [6.07, 6.45) is 0.780. The molecule has 1 aliphatic heterocycles. The van der Waals surface area contributed by atoms with Gasteiger partial charge in [0.15, 0.2) is 11.6 Å². The summed E-state index contributed by atoms with van der Waals surface area (Å²) < 4.78 is 39.4. The van der Waals surface area contributed by atoms with Crippen molar-refractivity contribution in [2.75, 3.05) is 45.8 Å². The van der Waals surface area contributed by atoms with E-state index >= 15 is 0 Å². The third-order valence-corrected chi connectivity index (χ3v) is 7.11. The van der Waals surface area contributed by atoms with Gasteiger partial charge in [0.25, 0.3) is 0 Å². The second kappa shape index (κ2) is 13.8. The number of benzene rings is 2. The molecule has 0 unspecified atom stereocenters. The molecule has 0 radical (unpaired) electrons. The molecule has 4 aromatic rings. The number of pyridine rings is 1. The fraction of sp³-hybridized carbons (Fsp3) is 0.290. The van der Waals surface area contributed by atoms with Gasteiger partial charge in [-0.15, -0.1) is 0 Å². The number of ether oxygens (including phenoxy) is 2. The van der Waals surface area contributed by atoms with E-state index < -0.39 is 29.8 Å². The highest BCUT2D eigenvalue weighted by molar-refractivity contribution is 5.95. The van der Waals surface area contributed by atoms with Crippen molar-refractivity contribution in [1.82, 2.24) is 25.1 Å². The molecule has 0 bridgehead atoms. The van der Waals surface area contributed by atoms with Gasteiger partial charge in [-0.1, -0.05) is 24.3 Å². The van der Waals surface area contributed by atoms with E-state index in [9.17, 15) is 18.4 Å². The Bertz CT molecular complexity index is 1620. The van der Waals surface area contributed by atoms with Crippen LogP contribution in [0.5, 0.6) is 0 Å². The van der Waals surface area contributed by atoms with Crippen LogP contribution in [0.3, 0.4) is 0 Å². The first kappa shape index (κ1) is 30.9. The van der Waals surface area contributed by atoms with Gasteiger partial charge in [0, 0.05) is 44.6 Å². The second-order valence-corrected chi connectivity index (χ2v) is 10.1. The number of carbonyl (C=O) groups excluding carboxylic acids is 2. The highest BCUT2D eigenvalue weighted by atomic mass is 19.2. The lowest BCUT2D eigenvalue weighted by Gasteiger charge is -2.20. The van der Waals surface area contributed by atoms with Crippen LogP contribution in [0, 0.1) is 18.6 Å². The summed E-state index contributed by atoms with van der Waals surface area (Å²) in [5.74, 6) is -1.83. The molecule has 0 spiro atoms. The first-order chi connectivity index (χ1) is 21.3. The van der Waals surface area contributed by atoms with Gasteiger partial charge in [-0.25, -0.2) is 18.3 Å². The number of nitrogens with one attached hydrogen (secondary N) is 2. The zero-order valence-electron chi connectivity index (χ0n) is 24.4. The molecule has 0 aliphatic carbocycles. The van der Waals surface area contributed by atoms with Gasteiger partial charge in [0.05, 0.1) is 24.0 Å². The maximum atomic E-state index is 14.1. The number of rotatable bonds is 11. The minimum absolute atomic E-state index is 0.0790. The van der Waals surface area contributed by atoms with E-state index in [1.165, 1.54) is 13.2 Å². The Morgan fingerprint density at radius 2 is 1.84 bits per heavy atom. The van der Waals surface area contributed by atoms with Crippen molar-refractivity contribution in [1.29, 1.82) is 0 Å². The number of hydroxylamine groups is 2. The Labute approximate surface area is 252 Å². The maximum Gasteiger partial charge on any atom is 0.320 e. The van der Waals surface area contributed by atoms with Crippen LogP contribution in [0.25, 0.3) is 16.9 Å². The lowest BCUT2D eigenvalue weighted by atomic mass is 10.0. The number of Topliss-reactive ketones (excluding diaryl/α,β-unsaturated/α-hetero) is 1. The van der Waals surface area contributed by atoms with Crippen LogP contribution in [-0.4, -0.2) is 78.2 Å². The number of anilines is 1. The summed E-state index contributed by atoms with van der Waals surface area (Å²) in [6.45, 7) is 2.80. The minimum atomic E-state index is -1.01. The molecular weight excluding hydrogens is 574 g/mol. The van der Waals surface area contributed by atoms with Gasteiger partial charge in [0.1, 0.15) is 24.2 Å². The van der Waals surface area contributed by atoms with E-state index in [4.69, 9.17) is 19.4 Å². The van der Waals surface area contributed by atoms with Crippen LogP contribution >= 0.6 is 0 Å². The number of ketones is 1. The number of aromatic nitrogens is 3. The Balaban J connectivity index is 1.42. The van der Waals surface area contributed by atoms with Crippen molar-refractivity contribution in [2.45, 2.75) is 19.1 Å². The van der Waals surface area contributed by atoms with Crippen LogP contribution < -0.4 is 10.6 Å². The SMILES string of the molecule is COCCN1C[C@@H](NC(=O)Nc2c(C)c(-c3ccc(C(=O)COC)nc3)nn2-c2ccccc2)[C@H](c2ccc(F)c(F)c2)O1. The van der Waals surface area contributed by atoms with E-state index in [0.29, 0.717) is 47.0 Å². The predicted octanol–water partition coefficient (Wildman–Crippen LogP) is 4.48. The van der Waals surface area contributed by atoms with Gasteiger partial charge < -0.3 is 14.8 Å². The lowest BCUT2D eigenvalue weighted by molar-refractivity contribution is -0.154. The number of halogens is 2. The fourth-order valence-electron chi connectivity index (χ4n) is 4.92. The van der Waals surface area contributed by atoms with Crippen LogP contribution in [0.2, 0.25) is 0 Å². The number of nitrogens with zero attached hydrogens (tertiary/aromatic N) is 4. The summed E-state index contributed by atoms with van der Waals surface area (Å²) >= 11 is 0. The normalized spacial score (nSPS) is 16.7. The molecule has 2 amide bonds. The molecule has 0 saturated carbocycles. The predicted molar refractivity (Wildman–Crippen MR) is 157 cm³/mol. The largest absolute Gasteiger partial charge is 0.383 e. The zero-order chi connectivity index (χ0) is 31.2. The first-order valence-electron chi connectivity index (χ1n) is 13.9. The Kier molecular flexibility index (Phi) is 9.70. The summed E-state index contributed by atoms with van der Waals surface area (Å²) in [5, 5.41) is 12.2. The number of urea groups is 1. The van der Waals surface area contributed by atoms with Crippen molar-refractivity contribution in [3.05, 3.63) is 95.3 Å². The van der Waals surface area contributed by atoms with Gasteiger partial charge in [-0.3, -0.25) is 19.9 Å². The molecule has 2 aromatic carbocycles. The van der Waals surface area contributed by atoms with Crippen LogP contribution in [0.4, 0.5) is 19.4 Å². The van der Waals surface area contributed by atoms with Gasteiger partial charge in [0.2, 0.25) is 5.78 Å². The topological polar surface area (TPSA) is 120 Å². The Morgan fingerprint density at radius 1 is 1.05 bits per heavy atom. The molecule has 1 saturated heterocycles. The highest BCUT2D eigenvalue weighted by Crippen LogP contribution is 2.32. The van der Waals surface area contributed by atoms with Crippen LogP contribution in [0.1, 0.15) is 27.7 Å². The van der Waals surface area contributed by atoms with Crippen molar-refractivity contribution in [3.63, 3.8) is 0 Å². The van der Waals surface area contributed by atoms with Crippen molar-refractivity contribution >= 4 is 17.6 Å². The smallest absolute Gasteiger partial charge is 0.320 e. The summed E-state index contributed by atoms with van der Waals surface area (Å²) in [5.41, 5.74) is 3.20. The molecule has 1 fully saturated rings. The molecule has 3 heterocycles. The zero-order valence-corrected chi connectivity index (χ0v) is 24.4. The van der Waals surface area contributed by atoms with Crippen LogP contribution in [-0.2, 0) is 14.3 Å². The molecule has 2 aromatic heterocycles. The second-order valence-electron chi connectivity index (χ2n) is 10.1. The number of para-hydroxylation sites is 1. The third-order valence-electron chi connectivity index (χ3n) is 7.11. The van der Waals surface area contributed by atoms with E-state index in [2.05, 4.69) is 15.6 Å². The van der Waals surface area contributed by atoms with E-state index in [0.717, 1.165) is 12.1 Å². The fourth-order valence-corrected chi connectivity index (χ4v) is 4.92. The maximum absolute atomic E-state index is 14.1. The summed E-state index contributed by atoms with van der Waals surface area (Å²) in [6, 6.07) is 15.0. The van der Waals surface area contributed by atoms with Gasteiger partial charge in [-0.05, 0) is 48.9 Å². The van der Waals surface area contributed by atoms with Crippen molar-refractivity contribution in [2.24, 2.45) is 0 Å². The third kappa shape index (κ3) is 6.81. The average Bonchev–Trinajstić information content (AvgIpc) is 3.58. The number of amides is 2. The highest BCUT2D eigenvalue weighted by Gasteiger charge is 2.37. The molecule has 2 atom stereocenters. The Hall–Kier alpha value is -4.56. The standard InChI is InChI=1S/C31H32F2N6O5/c1-19-28(21-10-12-25(34-16-21)27(40)18-43-3)37-39(22-7-5-4-6-8-22)30(19)36-31(41)35-26-17-38(13-14-42-2)44-29(26)20-9-11-23(32)24(33)15-20/h4-12,15-16,26,29H,13-14,17-18H2,1-3H3,(H2,35,36,41)/t26-,29+/m1/s1. The molecule has 44 heavy (non-hydrogen) atoms. The number of carbonyl (C=O) groups is 2. The number of hydrogen-bond acceptors (Lipinski definition) is 8. The van der Waals surface area contributed by atoms with Gasteiger partial charge in [-0.2, -0.15) is 10.2 Å². The molecule has 5 rings (SSSR count).